The van der Waals surface area contributed by atoms with E-state index in [-0.39, 0.29) is 42.1 Å². The van der Waals surface area contributed by atoms with Crippen LogP contribution in [-0.2, 0) is 16.1 Å². The number of rotatable bonds is 9. The second-order valence-corrected chi connectivity index (χ2v) is 9.13. The summed E-state index contributed by atoms with van der Waals surface area (Å²) < 4.78 is 57.9. The molecule has 0 saturated heterocycles. The number of ketones is 1. The molecule has 42 heavy (non-hydrogen) atoms. The number of benzene rings is 2. The molecule has 9 nitrogen and oxygen atoms in total. The smallest absolute Gasteiger partial charge is 0.454 e. The van der Waals surface area contributed by atoms with Crippen molar-refractivity contribution in [3.05, 3.63) is 112 Å². The summed E-state index contributed by atoms with van der Waals surface area (Å²) in [6, 6.07) is 10.7. The van der Waals surface area contributed by atoms with Crippen LogP contribution in [0.25, 0.3) is 0 Å². The van der Waals surface area contributed by atoms with Gasteiger partial charge in [-0.15, -0.1) is 0 Å². The zero-order valence-corrected chi connectivity index (χ0v) is 22.1. The number of pyridine rings is 1. The Morgan fingerprint density at radius 3 is 2.33 bits per heavy atom. The fourth-order valence-corrected chi connectivity index (χ4v) is 4.34. The Kier molecular flexibility index (Phi) is 8.99. The number of nitrogens with one attached hydrogen (secondary N) is 2. The molecule has 2 heterocycles. The predicted octanol–water partition coefficient (Wildman–Crippen LogP) is 4.48. The van der Waals surface area contributed by atoms with Crippen LogP contribution in [0.3, 0.4) is 0 Å². The minimum Gasteiger partial charge on any atom is -0.463 e. The number of esters is 1. The standard InChI is InChI=1S/C29H24F4N4O5/c1-2-42-27(40)23-22(35-28(41)36-24(23)20-6-3-7-21(30)13-20)16-37(15-17-5-4-12-34-14-17)26(39)19-10-8-18(9-11-19)25(38)29(31,32)33/h3-14,24H,2,15-16H2,1H3,(H2,35,36,41). The quantitative estimate of drug-likeness (QED) is 0.218. The second kappa shape index (κ2) is 12.6. The molecule has 0 bridgehead atoms. The number of hydrogen-bond donors (Lipinski definition) is 2. The molecule has 1 atom stereocenters. The molecule has 1 unspecified atom stereocenters. The van der Waals surface area contributed by atoms with E-state index in [0.717, 1.165) is 30.3 Å². The number of urea groups is 1. The first-order valence-electron chi connectivity index (χ1n) is 12.6. The van der Waals surface area contributed by atoms with Gasteiger partial charge in [0.15, 0.2) is 0 Å². The van der Waals surface area contributed by atoms with Gasteiger partial charge in [-0.25, -0.2) is 14.0 Å². The fourth-order valence-electron chi connectivity index (χ4n) is 4.34. The van der Waals surface area contributed by atoms with Crippen molar-refractivity contribution in [2.24, 2.45) is 0 Å². The Morgan fingerprint density at radius 1 is 1.00 bits per heavy atom. The molecule has 3 aromatic rings. The van der Waals surface area contributed by atoms with Gasteiger partial charge >= 0.3 is 18.2 Å². The normalized spacial score (nSPS) is 15.0. The molecule has 1 aliphatic rings. The van der Waals surface area contributed by atoms with Crippen molar-refractivity contribution in [1.82, 2.24) is 20.5 Å². The predicted molar refractivity (Wildman–Crippen MR) is 140 cm³/mol. The average molecular weight is 585 g/mol. The van der Waals surface area contributed by atoms with Gasteiger partial charge in [0.05, 0.1) is 30.5 Å². The van der Waals surface area contributed by atoms with E-state index in [9.17, 15) is 36.7 Å². The Hall–Kier alpha value is -5.07. The molecule has 0 aliphatic carbocycles. The third kappa shape index (κ3) is 6.97. The van der Waals surface area contributed by atoms with E-state index >= 15 is 0 Å². The first-order valence-corrected chi connectivity index (χ1v) is 12.6. The van der Waals surface area contributed by atoms with E-state index < -0.39 is 47.3 Å². The molecule has 13 heteroatoms. The number of Topliss-reactive ketones (excluding diaryl/α,β-unsaturated/α-hetero) is 1. The molecule has 4 rings (SSSR count). The molecular formula is C29H24F4N4O5. The number of halogens is 4. The maximum Gasteiger partial charge on any atom is 0.454 e. The van der Waals surface area contributed by atoms with E-state index in [2.05, 4.69) is 15.6 Å². The molecule has 1 aromatic heterocycles. The lowest BCUT2D eigenvalue weighted by atomic mass is 9.94. The number of hydrogen-bond acceptors (Lipinski definition) is 6. The Balaban J connectivity index is 1.76. The van der Waals surface area contributed by atoms with Gasteiger partial charge in [-0.2, -0.15) is 13.2 Å². The lowest BCUT2D eigenvalue weighted by Crippen LogP contribution is -2.49. The van der Waals surface area contributed by atoms with Gasteiger partial charge in [-0.05, 0) is 48.4 Å². The number of ether oxygens (including phenoxy) is 1. The van der Waals surface area contributed by atoms with E-state index in [1.54, 1.807) is 19.1 Å². The van der Waals surface area contributed by atoms with Crippen LogP contribution in [0.4, 0.5) is 22.4 Å². The van der Waals surface area contributed by atoms with Crippen LogP contribution < -0.4 is 10.6 Å². The maximum absolute atomic E-state index is 14.1. The van der Waals surface area contributed by atoms with Crippen LogP contribution in [0.15, 0.2) is 84.3 Å². The highest BCUT2D eigenvalue weighted by Gasteiger charge is 2.39. The first-order chi connectivity index (χ1) is 20.0. The monoisotopic (exact) mass is 584 g/mol. The number of alkyl halides is 3. The largest absolute Gasteiger partial charge is 0.463 e. The Bertz CT molecular complexity index is 1520. The number of carbonyl (C=O) groups is 4. The summed E-state index contributed by atoms with van der Waals surface area (Å²) in [6.45, 7) is 1.13. The van der Waals surface area contributed by atoms with E-state index in [4.69, 9.17) is 4.74 Å². The van der Waals surface area contributed by atoms with E-state index in [1.807, 2.05) is 0 Å². The molecule has 0 saturated carbocycles. The van der Waals surface area contributed by atoms with Gasteiger partial charge in [-0.3, -0.25) is 14.6 Å². The maximum atomic E-state index is 14.1. The van der Waals surface area contributed by atoms with Crippen LogP contribution in [-0.4, -0.2) is 52.9 Å². The summed E-state index contributed by atoms with van der Waals surface area (Å²) in [7, 11) is 0. The van der Waals surface area contributed by atoms with Crippen molar-refractivity contribution in [3.8, 4) is 0 Å². The average Bonchev–Trinajstić information content (AvgIpc) is 2.96. The van der Waals surface area contributed by atoms with Crippen molar-refractivity contribution >= 4 is 23.7 Å². The molecule has 0 fully saturated rings. The summed E-state index contributed by atoms with van der Waals surface area (Å²) in [6.07, 6.45) is -2.08. The number of amides is 3. The van der Waals surface area contributed by atoms with Crippen molar-refractivity contribution in [1.29, 1.82) is 0 Å². The molecule has 0 radical (unpaired) electrons. The van der Waals surface area contributed by atoms with Crippen molar-refractivity contribution in [3.63, 3.8) is 0 Å². The number of carbonyl (C=O) groups excluding carboxylic acids is 4. The van der Waals surface area contributed by atoms with Gasteiger partial charge in [-0.1, -0.05) is 30.3 Å². The van der Waals surface area contributed by atoms with Crippen LogP contribution in [0.5, 0.6) is 0 Å². The zero-order chi connectivity index (χ0) is 30.4. The highest BCUT2D eigenvalue weighted by Crippen LogP contribution is 2.29. The lowest BCUT2D eigenvalue weighted by Gasteiger charge is -2.32. The topological polar surface area (TPSA) is 118 Å². The fraction of sp³-hybridized carbons (Fsp3) is 0.207. The molecular weight excluding hydrogens is 560 g/mol. The summed E-state index contributed by atoms with van der Waals surface area (Å²) in [4.78, 5) is 56.4. The second-order valence-electron chi connectivity index (χ2n) is 9.13. The minimum absolute atomic E-state index is 0.00688. The van der Waals surface area contributed by atoms with Crippen LogP contribution in [0.1, 0.15) is 44.8 Å². The molecule has 0 spiro atoms. The van der Waals surface area contributed by atoms with Crippen LogP contribution in [0.2, 0.25) is 0 Å². The van der Waals surface area contributed by atoms with Crippen molar-refractivity contribution in [2.45, 2.75) is 25.7 Å². The van der Waals surface area contributed by atoms with Crippen molar-refractivity contribution < 1.29 is 41.5 Å². The summed E-state index contributed by atoms with van der Waals surface area (Å²) in [5.41, 5.74) is 0.0340. The molecule has 218 valence electrons. The van der Waals surface area contributed by atoms with E-state index in [0.29, 0.717) is 5.56 Å². The number of nitrogens with zero attached hydrogens (tertiary/aromatic N) is 2. The third-order valence-electron chi connectivity index (χ3n) is 6.21. The highest BCUT2D eigenvalue weighted by molar-refractivity contribution is 6.02. The molecule has 1 aliphatic heterocycles. The SMILES string of the molecule is CCOC(=O)C1=C(CN(Cc2cccnc2)C(=O)c2ccc(C(=O)C(F)(F)F)cc2)NC(=O)NC1c1cccc(F)c1. The van der Waals surface area contributed by atoms with Crippen LogP contribution >= 0.6 is 0 Å². The van der Waals surface area contributed by atoms with Crippen molar-refractivity contribution in [2.75, 3.05) is 13.2 Å². The zero-order valence-electron chi connectivity index (χ0n) is 22.1. The van der Waals surface area contributed by atoms with Gasteiger partial charge in [0.25, 0.3) is 11.7 Å². The van der Waals surface area contributed by atoms with Gasteiger partial charge in [0.2, 0.25) is 0 Å². The lowest BCUT2D eigenvalue weighted by molar-refractivity contribution is -0.139. The summed E-state index contributed by atoms with van der Waals surface area (Å²) in [5.74, 6) is -4.17. The highest BCUT2D eigenvalue weighted by atomic mass is 19.4. The Morgan fingerprint density at radius 2 is 1.71 bits per heavy atom. The van der Waals surface area contributed by atoms with Gasteiger partial charge < -0.3 is 20.3 Å². The molecule has 2 N–H and O–H groups in total. The van der Waals surface area contributed by atoms with Crippen LogP contribution in [0, 0.1) is 5.82 Å². The first kappa shape index (κ1) is 29.9. The Labute approximate surface area is 237 Å². The summed E-state index contributed by atoms with van der Waals surface area (Å²) in [5, 5.41) is 5.12. The summed E-state index contributed by atoms with van der Waals surface area (Å²) >= 11 is 0. The molecule has 3 amide bonds. The van der Waals surface area contributed by atoms with Gasteiger partial charge in [0, 0.05) is 30.1 Å². The molecule has 2 aromatic carbocycles. The van der Waals surface area contributed by atoms with Gasteiger partial charge in [0.1, 0.15) is 5.82 Å². The third-order valence-corrected chi connectivity index (χ3v) is 6.21. The number of aromatic nitrogens is 1. The minimum atomic E-state index is -5.08. The van der Waals surface area contributed by atoms with E-state index in [1.165, 1.54) is 35.5 Å².